The Bertz CT molecular complexity index is 484. The van der Waals surface area contributed by atoms with Gasteiger partial charge in [0.2, 0.25) is 0 Å². The second kappa shape index (κ2) is 9.85. The number of ketones is 1. The van der Waals surface area contributed by atoms with Crippen molar-refractivity contribution in [2.24, 2.45) is 5.92 Å². The summed E-state index contributed by atoms with van der Waals surface area (Å²) in [4.78, 5) is 14.0. The summed E-state index contributed by atoms with van der Waals surface area (Å²) in [5.74, 6) is 1.77. The van der Waals surface area contributed by atoms with Crippen molar-refractivity contribution in [1.82, 2.24) is 4.90 Å². The third kappa shape index (κ3) is 5.97. The Morgan fingerprint density at radius 3 is 2.32 bits per heavy atom. The zero-order chi connectivity index (χ0) is 16.5. The van der Waals surface area contributed by atoms with E-state index in [1.807, 2.05) is 24.3 Å². The van der Waals surface area contributed by atoms with Crippen LogP contribution in [0.15, 0.2) is 24.3 Å². The average molecular weight is 340 g/mol. The fraction of sp³-hybridized carbons (Fsp3) is 0.529. The lowest BCUT2D eigenvalue weighted by Crippen LogP contribution is -2.28. The molecule has 0 bridgehead atoms. The van der Waals surface area contributed by atoms with Gasteiger partial charge in [-0.05, 0) is 44.9 Å². The normalized spacial score (nSPS) is 11.8. The van der Waals surface area contributed by atoms with Crippen molar-refractivity contribution in [3.05, 3.63) is 29.8 Å². The minimum Gasteiger partial charge on any atom is -0.497 e. The summed E-state index contributed by atoms with van der Waals surface area (Å²) in [5, 5.41) is 0. The van der Waals surface area contributed by atoms with Crippen LogP contribution in [0.5, 0.6) is 5.75 Å². The van der Waals surface area contributed by atoms with Crippen LogP contribution in [0.2, 0.25) is 0 Å². The fourth-order valence-electron chi connectivity index (χ4n) is 2.11. The van der Waals surface area contributed by atoms with Crippen molar-refractivity contribution in [3.8, 4) is 5.75 Å². The third-order valence-electron chi connectivity index (χ3n) is 3.65. The summed E-state index contributed by atoms with van der Waals surface area (Å²) in [6, 6.07) is 7.89. The average Bonchev–Trinajstić information content (AvgIpc) is 2.52. The molecule has 0 N–H and O–H groups in total. The van der Waals surface area contributed by atoms with Crippen LogP contribution in [0.4, 0.5) is 0 Å². The first-order valence-electron chi connectivity index (χ1n) is 7.56. The highest BCUT2D eigenvalue weighted by molar-refractivity contribution is 8.22. The summed E-state index contributed by atoms with van der Waals surface area (Å²) < 4.78 is 6.04. The number of carbonyl (C=O) groups is 1. The molecule has 0 spiro atoms. The third-order valence-corrected chi connectivity index (χ3v) is 5.33. The molecule has 0 radical (unpaired) electrons. The van der Waals surface area contributed by atoms with E-state index in [1.165, 1.54) is 0 Å². The van der Waals surface area contributed by atoms with Gasteiger partial charge in [0, 0.05) is 24.8 Å². The van der Waals surface area contributed by atoms with Gasteiger partial charge < -0.3 is 9.64 Å². The summed E-state index contributed by atoms with van der Waals surface area (Å²) in [5.41, 5.74) is 1.15. The van der Waals surface area contributed by atoms with Gasteiger partial charge in [-0.2, -0.15) is 0 Å². The summed E-state index contributed by atoms with van der Waals surface area (Å²) in [6.45, 7) is 7.67. The van der Waals surface area contributed by atoms with E-state index in [0.717, 1.165) is 40.9 Å². The number of Topliss-reactive ketones (excluding diaryl/α,β-unsaturated/α-hetero) is 1. The first kappa shape index (κ1) is 19.0. The van der Waals surface area contributed by atoms with Crippen LogP contribution in [0, 0.1) is 5.92 Å². The Balaban J connectivity index is 2.61. The van der Waals surface area contributed by atoms with E-state index in [-0.39, 0.29) is 11.7 Å². The zero-order valence-electron chi connectivity index (χ0n) is 13.8. The monoisotopic (exact) mass is 339 g/mol. The number of ether oxygens (including phenoxy) is 1. The molecule has 0 aliphatic carbocycles. The molecule has 0 heterocycles. The summed E-state index contributed by atoms with van der Waals surface area (Å²) >= 11 is 7.05. The van der Waals surface area contributed by atoms with Crippen LogP contribution < -0.4 is 4.74 Å². The van der Waals surface area contributed by atoms with Crippen molar-refractivity contribution in [3.63, 3.8) is 0 Å². The Labute approximate surface area is 143 Å². The smallest absolute Gasteiger partial charge is 0.136 e. The second-order valence-electron chi connectivity index (χ2n) is 5.11. The largest absolute Gasteiger partial charge is 0.497 e. The number of rotatable bonds is 8. The predicted molar refractivity (Wildman–Crippen MR) is 98.8 cm³/mol. The highest BCUT2D eigenvalue weighted by Crippen LogP contribution is 2.20. The highest BCUT2D eigenvalue weighted by atomic mass is 32.2. The number of carbonyl (C=O) groups excluding carboxylic acids is 1. The molecular formula is C17H25NO2S2. The lowest BCUT2D eigenvalue weighted by atomic mass is 9.98. The van der Waals surface area contributed by atoms with E-state index in [0.29, 0.717) is 0 Å². The molecule has 0 aliphatic heterocycles. The number of thioether (sulfide) groups is 1. The molecular weight excluding hydrogens is 314 g/mol. The molecule has 1 unspecified atom stereocenters. The van der Waals surface area contributed by atoms with Crippen LogP contribution in [0.1, 0.15) is 26.3 Å². The Morgan fingerprint density at radius 2 is 1.86 bits per heavy atom. The van der Waals surface area contributed by atoms with E-state index in [1.54, 1.807) is 25.8 Å². The maximum Gasteiger partial charge on any atom is 0.136 e. The van der Waals surface area contributed by atoms with E-state index in [2.05, 4.69) is 18.7 Å². The van der Waals surface area contributed by atoms with Crippen LogP contribution in [-0.4, -0.2) is 41.0 Å². The molecule has 5 heteroatoms. The maximum absolute atomic E-state index is 11.9. The molecule has 1 aromatic rings. The van der Waals surface area contributed by atoms with Gasteiger partial charge in [-0.25, -0.2) is 0 Å². The lowest BCUT2D eigenvalue weighted by Gasteiger charge is -2.22. The molecule has 3 nitrogen and oxygen atoms in total. The lowest BCUT2D eigenvalue weighted by molar-refractivity contribution is -0.120. The molecule has 1 aromatic carbocycles. The maximum atomic E-state index is 11.9. The molecule has 0 amide bonds. The van der Waals surface area contributed by atoms with Gasteiger partial charge in [-0.3, -0.25) is 4.79 Å². The van der Waals surface area contributed by atoms with Crippen LogP contribution in [0.3, 0.4) is 0 Å². The SMILES string of the molecule is CCN(CC)C(=S)SCC(Cc1ccc(OC)cc1)C(C)=O. The van der Waals surface area contributed by atoms with Gasteiger partial charge in [-0.15, -0.1) is 0 Å². The number of benzene rings is 1. The van der Waals surface area contributed by atoms with E-state index in [4.69, 9.17) is 17.0 Å². The summed E-state index contributed by atoms with van der Waals surface area (Å²) in [7, 11) is 1.65. The Kier molecular flexibility index (Phi) is 8.49. The topological polar surface area (TPSA) is 29.5 Å². The van der Waals surface area contributed by atoms with Gasteiger partial charge in [-0.1, -0.05) is 36.1 Å². The standard InChI is InChI=1S/C17H25NO2S2/c1-5-18(6-2)17(21)22-12-15(13(3)19)11-14-7-9-16(20-4)10-8-14/h7-10,15H,5-6,11-12H2,1-4H3. The highest BCUT2D eigenvalue weighted by Gasteiger charge is 2.17. The van der Waals surface area contributed by atoms with Crippen molar-refractivity contribution < 1.29 is 9.53 Å². The Hall–Kier alpha value is -1.07. The number of hydrogen-bond acceptors (Lipinski definition) is 4. The number of methoxy groups -OCH3 is 1. The molecule has 0 fully saturated rings. The molecule has 22 heavy (non-hydrogen) atoms. The predicted octanol–water partition coefficient (Wildman–Crippen LogP) is 3.80. The molecule has 0 aromatic heterocycles. The van der Waals surface area contributed by atoms with Gasteiger partial charge in [0.25, 0.3) is 0 Å². The zero-order valence-corrected chi connectivity index (χ0v) is 15.4. The van der Waals surface area contributed by atoms with Crippen LogP contribution >= 0.6 is 24.0 Å². The van der Waals surface area contributed by atoms with Gasteiger partial charge in [0.1, 0.15) is 15.9 Å². The molecule has 122 valence electrons. The van der Waals surface area contributed by atoms with Crippen LogP contribution in [-0.2, 0) is 11.2 Å². The first-order valence-corrected chi connectivity index (χ1v) is 8.96. The summed E-state index contributed by atoms with van der Waals surface area (Å²) in [6.07, 6.45) is 0.743. The van der Waals surface area contributed by atoms with E-state index < -0.39 is 0 Å². The van der Waals surface area contributed by atoms with E-state index >= 15 is 0 Å². The molecule has 0 saturated heterocycles. The first-order chi connectivity index (χ1) is 10.5. The fourth-order valence-corrected chi connectivity index (χ4v) is 3.71. The van der Waals surface area contributed by atoms with Gasteiger partial charge in [0.05, 0.1) is 7.11 Å². The Morgan fingerprint density at radius 1 is 1.27 bits per heavy atom. The quantitative estimate of drug-likeness (QED) is 0.672. The number of thiocarbonyl (C=S) groups is 1. The van der Waals surface area contributed by atoms with Crippen LogP contribution in [0.25, 0.3) is 0 Å². The minimum atomic E-state index is -0.00749. The molecule has 1 atom stereocenters. The molecule has 0 saturated carbocycles. The van der Waals surface area contributed by atoms with Gasteiger partial charge >= 0.3 is 0 Å². The number of nitrogens with zero attached hydrogens (tertiary/aromatic N) is 1. The molecule has 0 aliphatic rings. The van der Waals surface area contributed by atoms with E-state index in [9.17, 15) is 4.79 Å². The minimum absolute atomic E-state index is 0.00749. The number of hydrogen-bond donors (Lipinski definition) is 0. The van der Waals surface area contributed by atoms with Crippen molar-refractivity contribution in [2.45, 2.75) is 27.2 Å². The van der Waals surface area contributed by atoms with Crippen molar-refractivity contribution >= 4 is 34.1 Å². The van der Waals surface area contributed by atoms with Gasteiger partial charge in [0.15, 0.2) is 0 Å². The molecule has 1 rings (SSSR count). The van der Waals surface area contributed by atoms with Crippen molar-refractivity contribution in [2.75, 3.05) is 26.0 Å². The second-order valence-corrected chi connectivity index (χ2v) is 6.76. The van der Waals surface area contributed by atoms with Crippen molar-refractivity contribution in [1.29, 1.82) is 0 Å².